The molecule has 1 heterocycles. The van der Waals surface area contributed by atoms with E-state index in [1.807, 2.05) is 26.0 Å². The van der Waals surface area contributed by atoms with Gasteiger partial charge in [0.2, 0.25) is 0 Å². The Bertz CT molecular complexity index is 718. The van der Waals surface area contributed by atoms with E-state index in [4.69, 9.17) is 10.9 Å². The average molecular weight is 287 g/mol. The quantitative estimate of drug-likeness (QED) is 0.343. The van der Waals surface area contributed by atoms with Crippen LogP contribution in [-0.4, -0.2) is 26.7 Å². The fourth-order valence-corrected chi connectivity index (χ4v) is 2.00. The summed E-state index contributed by atoms with van der Waals surface area (Å²) in [5.41, 5.74) is 8.44. The third kappa shape index (κ3) is 2.71. The number of hydrogen-bond donors (Lipinski definition) is 3. The van der Waals surface area contributed by atoms with Crippen LogP contribution in [-0.2, 0) is 7.05 Å². The van der Waals surface area contributed by atoms with Gasteiger partial charge in [0.25, 0.3) is 5.91 Å². The van der Waals surface area contributed by atoms with Crippen molar-refractivity contribution in [3.05, 3.63) is 46.6 Å². The lowest BCUT2D eigenvalue weighted by Crippen LogP contribution is -2.20. The lowest BCUT2D eigenvalue weighted by molar-refractivity contribution is 0.102. The Balaban J connectivity index is 2.37. The van der Waals surface area contributed by atoms with Crippen LogP contribution < -0.4 is 11.1 Å². The molecule has 0 unspecified atom stereocenters. The van der Waals surface area contributed by atoms with Crippen LogP contribution in [0.25, 0.3) is 0 Å². The molecule has 1 aromatic heterocycles. The van der Waals surface area contributed by atoms with Crippen LogP contribution in [0.2, 0.25) is 0 Å². The van der Waals surface area contributed by atoms with E-state index in [2.05, 4.69) is 15.6 Å². The highest BCUT2D eigenvalue weighted by molar-refractivity contribution is 6.09. The van der Waals surface area contributed by atoms with Gasteiger partial charge < -0.3 is 16.3 Å². The Morgan fingerprint density at radius 3 is 2.76 bits per heavy atom. The molecule has 7 heteroatoms. The highest BCUT2D eigenvalue weighted by Crippen LogP contribution is 2.18. The number of nitrogens with one attached hydrogen (secondary N) is 1. The Labute approximate surface area is 122 Å². The monoisotopic (exact) mass is 287 g/mol. The lowest BCUT2D eigenvalue weighted by atomic mass is 10.0. The smallest absolute Gasteiger partial charge is 0.257 e. The first-order valence-corrected chi connectivity index (χ1v) is 6.33. The first-order chi connectivity index (χ1) is 9.95. The number of anilines is 1. The number of amidine groups is 1. The number of amides is 1. The number of hydrogen-bond acceptors (Lipinski definition) is 4. The van der Waals surface area contributed by atoms with Gasteiger partial charge >= 0.3 is 0 Å². The summed E-state index contributed by atoms with van der Waals surface area (Å²) in [4.78, 5) is 12.4. The van der Waals surface area contributed by atoms with Gasteiger partial charge in [-0.1, -0.05) is 17.3 Å². The summed E-state index contributed by atoms with van der Waals surface area (Å²) >= 11 is 0. The molecule has 0 saturated carbocycles. The molecule has 0 saturated heterocycles. The number of aromatic nitrogens is 2. The molecule has 0 atom stereocenters. The van der Waals surface area contributed by atoms with E-state index in [0.29, 0.717) is 16.9 Å². The van der Waals surface area contributed by atoms with Crippen molar-refractivity contribution in [2.24, 2.45) is 17.9 Å². The topological polar surface area (TPSA) is 106 Å². The molecule has 2 rings (SSSR count). The van der Waals surface area contributed by atoms with Gasteiger partial charge in [-0.3, -0.25) is 9.48 Å². The van der Waals surface area contributed by atoms with Crippen molar-refractivity contribution in [1.82, 2.24) is 9.78 Å². The standard InChI is InChI=1S/C14H17N5O2/c1-8-5-4-6-10(9(8)2)14(20)17-13-11(12(15)18-21)7-16-19(13)3/h4-7,21H,1-3H3,(H2,15,18)(H,17,20). The first-order valence-electron chi connectivity index (χ1n) is 6.33. The summed E-state index contributed by atoms with van der Waals surface area (Å²) in [5, 5.41) is 18.5. The van der Waals surface area contributed by atoms with Gasteiger partial charge in [0, 0.05) is 12.6 Å². The first kappa shape index (κ1) is 14.6. The van der Waals surface area contributed by atoms with Crippen molar-refractivity contribution in [2.75, 3.05) is 5.32 Å². The van der Waals surface area contributed by atoms with E-state index < -0.39 is 0 Å². The van der Waals surface area contributed by atoms with Gasteiger partial charge in [-0.2, -0.15) is 5.10 Å². The zero-order valence-electron chi connectivity index (χ0n) is 12.1. The largest absolute Gasteiger partial charge is 0.409 e. The van der Waals surface area contributed by atoms with E-state index in [1.54, 1.807) is 13.1 Å². The number of carbonyl (C=O) groups excluding carboxylic acids is 1. The van der Waals surface area contributed by atoms with E-state index in [9.17, 15) is 4.79 Å². The van der Waals surface area contributed by atoms with E-state index >= 15 is 0 Å². The Morgan fingerprint density at radius 1 is 1.38 bits per heavy atom. The maximum Gasteiger partial charge on any atom is 0.257 e. The third-order valence-electron chi connectivity index (χ3n) is 3.40. The number of nitrogens with zero attached hydrogens (tertiary/aromatic N) is 3. The molecule has 1 aromatic carbocycles. The number of nitrogens with two attached hydrogens (primary N) is 1. The summed E-state index contributed by atoms with van der Waals surface area (Å²) in [5.74, 6) is -0.0117. The van der Waals surface area contributed by atoms with Crippen molar-refractivity contribution in [3.8, 4) is 0 Å². The second kappa shape index (κ2) is 5.66. The molecule has 4 N–H and O–H groups in total. The van der Waals surface area contributed by atoms with Crippen LogP contribution in [0.4, 0.5) is 5.82 Å². The van der Waals surface area contributed by atoms with Crippen molar-refractivity contribution in [3.63, 3.8) is 0 Å². The number of oxime groups is 1. The molecule has 7 nitrogen and oxygen atoms in total. The molecule has 0 radical (unpaired) electrons. The molecular formula is C14H17N5O2. The van der Waals surface area contributed by atoms with Gasteiger partial charge in [-0.05, 0) is 31.0 Å². The average Bonchev–Trinajstić information content (AvgIpc) is 2.82. The van der Waals surface area contributed by atoms with E-state index in [1.165, 1.54) is 10.9 Å². The molecule has 21 heavy (non-hydrogen) atoms. The maximum atomic E-state index is 12.4. The maximum absolute atomic E-state index is 12.4. The molecule has 0 bridgehead atoms. The lowest BCUT2D eigenvalue weighted by Gasteiger charge is -2.11. The van der Waals surface area contributed by atoms with Crippen LogP contribution in [0.15, 0.2) is 29.6 Å². The summed E-state index contributed by atoms with van der Waals surface area (Å²) in [6.45, 7) is 3.83. The van der Waals surface area contributed by atoms with Gasteiger partial charge in [0.15, 0.2) is 5.84 Å². The van der Waals surface area contributed by atoms with Crippen molar-refractivity contribution in [1.29, 1.82) is 0 Å². The van der Waals surface area contributed by atoms with E-state index in [-0.39, 0.29) is 11.7 Å². The van der Waals surface area contributed by atoms with Gasteiger partial charge in [0.05, 0.1) is 11.8 Å². The molecule has 110 valence electrons. The highest BCUT2D eigenvalue weighted by Gasteiger charge is 2.17. The molecule has 0 aliphatic heterocycles. The van der Waals surface area contributed by atoms with Crippen LogP contribution in [0.5, 0.6) is 0 Å². The number of benzene rings is 1. The predicted molar refractivity (Wildman–Crippen MR) is 79.6 cm³/mol. The van der Waals surface area contributed by atoms with Crippen molar-refractivity contribution in [2.45, 2.75) is 13.8 Å². The molecule has 0 spiro atoms. The van der Waals surface area contributed by atoms with Crippen LogP contribution >= 0.6 is 0 Å². The Morgan fingerprint density at radius 2 is 2.10 bits per heavy atom. The van der Waals surface area contributed by atoms with Crippen molar-refractivity contribution < 1.29 is 10.0 Å². The summed E-state index contributed by atoms with van der Waals surface area (Å²) in [6, 6.07) is 5.51. The zero-order valence-corrected chi connectivity index (χ0v) is 12.1. The van der Waals surface area contributed by atoms with Crippen LogP contribution in [0, 0.1) is 13.8 Å². The van der Waals surface area contributed by atoms with Gasteiger partial charge in [-0.25, -0.2) is 0 Å². The van der Waals surface area contributed by atoms with Gasteiger partial charge in [0.1, 0.15) is 5.82 Å². The van der Waals surface area contributed by atoms with Crippen LogP contribution in [0.1, 0.15) is 27.0 Å². The summed E-state index contributed by atoms with van der Waals surface area (Å²) in [6.07, 6.45) is 1.42. The summed E-state index contributed by atoms with van der Waals surface area (Å²) in [7, 11) is 1.66. The minimum Gasteiger partial charge on any atom is -0.409 e. The molecule has 0 fully saturated rings. The number of aryl methyl sites for hydroxylation is 2. The molecule has 2 aromatic rings. The normalized spacial score (nSPS) is 11.5. The van der Waals surface area contributed by atoms with E-state index in [0.717, 1.165) is 11.1 Å². The second-order valence-electron chi connectivity index (χ2n) is 4.72. The van der Waals surface area contributed by atoms with Crippen molar-refractivity contribution >= 4 is 17.6 Å². The predicted octanol–water partition coefficient (Wildman–Crippen LogP) is 1.38. The third-order valence-corrected chi connectivity index (χ3v) is 3.40. The number of carbonyl (C=O) groups is 1. The fourth-order valence-electron chi connectivity index (χ4n) is 2.00. The molecule has 1 amide bonds. The Kier molecular flexibility index (Phi) is 3.93. The SMILES string of the molecule is Cc1cccc(C(=O)Nc2c(C(N)=NO)cnn2C)c1C. The Hall–Kier alpha value is -2.83. The molecular weight excluding hydrogens is 270 g/mol. The van der Waals surface area contributed by atoms with Gasteiger partial charge in [-0.15, -0.1) is 0 Å². The highest BCUT2D eigenvalue weighted by atomic mass is 16.4. The zero-order chi connectivity index (χ0) is 15.6. The molecule has 0 aliphatic rings. The second-order valence-corrected chi connectivity index (χ2v) is 4.72. The fraction of sp³-hybridized carbons (Fsp3) is 0.214. The molecule has 0 aliphatic carbocycles. The summed E-state index contributed by atoms with van der Waals surface area (Å²) < 4.78 is 1.45. The number of rotatable bonds is 3. The minimum atomic E-state index is -0.271. The minimum absolute atomic E-state index is 0.112. The van der Waals surface area contributed by atoms with Crippen LogP contribution in [0.3, 0.4) is 0 Å².